The van der Waals surface area contributed by atoms with Crippen molar-refractivity contribution in [1.82, 2.24) is 0 Å². The van der Waals surface area contributed by atoms with Gasteiger partial charge in [-0.25, -0.2) is 0 Å². The smallest absolute Gasteiger partial charge is 0.162 e. The fraction of sp³-hybridized carbons (Fsp3) is 0.478. The average molecular weight is 371 g/mol. The molecule has 0 spiro atoms. The molecule has 0 aliphatic heterocycles. The molecule has 2 aromatic rings. The first-order valence-corrected chi connectivity index (χ1v) is 13.4. The molecule has 0 saturated carbocycles. The summed E-state index contributed by atoms with van der Waals surface area (Å²) in [6, 6.07) is 0. The molecule has 25 heavy (non-hydrogen) atoms. The molecule has 134 valence electrons. The predicted molar refractivity (Wildman–Crippen MR) is 115 cm³/mol. The summed E-state index contributed by atoms with van der Waals surface area (Å²) in [7, 11) is -1.94. The average Bonchev–Trinajstić information content (AvgIpc) is 2.90. The van der Waals surface area contributed by atoms with Crippen LogP contribution in [0.3, 0.4) is 0 Å². The molecule has 0 bridgehead atoms. The van der Waals surface area contributed by atoms with Crippen LogP contribution in [-0.4, -0.2) is 7.38 Å². The third kappa shape index (κ3) is 2.39. The maximum atomic E-state index is 7.17. The van der Waals surface area contributed by atoms with Crippen molar-refractivity contribution in [3.63, 3.8) is 0 Å². The molecule has 0 radical (unpaired) electrons. The van der Waals surface area contributed by atoms with Gasteiger partial charge in [0.1, 0.15) is 0 Å². The van der Waals surface area contributed by atoms with E-state index < -0.39 is 7.38 Å². The zero-order valence-corrected chi connectivity index (χ0v) is 19.2. The van der Waals surface area contributed by atoms with Crippen LogP contribution in [0.2, 0.25) is 13.1 Å². The van der Waals surface area contributed by atoms with Crippen molar-refractivity contribution in [3.05, 3.63) is 55.6 Å². The summed E-state index contributed by atoms with van der Waals surface area (Å²) in [5.41, 5.74) is 18.0. The minimum absolute atomic E-state index is 0.384. The van der Waals surface area contributed by atoms with Crippen molar-refractivity contribution < 1.29 is 0 Å². The molecular weight excluding hydrogens is 340 g/mol. The third-order valence-electron chi connectivity index (χ3n) is 6.99. The standard InChI is InChI=1S/C23H31ClSi/c1-11-13(3)17(7)21-19(15(11)5)20-16(6)12(2)14(4)18(8)22(20)23(21)25(9,10)24/h23H,1-10H3. The Hall–Kier alpha value is -1.05. The van der Waals surface area contributed by atoms with E-state index in [0.717, 1.165) is 0 Å². The zero-order valence-electron chi connectivity index (χ0n) is 17.5. The molecule has 0 fully saturated rings. The number of fused-ring (bicyclic) bond motifs is 3. The third-order valence-corrected chi connectivity index (χ3v) is 9.59. The second kappa shape index (κ2) is 5.72. The van der Waals surface area contributed by atoms with Crippen LogP contribution >= 0.6 is 11.1 Å². The minimum atomic E-state index is -1.94. The minimum Gasteiger partial charge on any atom is -0.167 e. The Morgan fingerprint density at radius 3 is 1.08 bits per heavy atom. The Morgan fingerprint density at radius 2 is 0.800 bits per heavy atom. The van der Waals surface area contributed by atoms with E-state index >= 15 is 0 Å². The summed E-state index contributed by atoms with van der Waals surface area (Å²) in [5, 5.41) is 0. The van der Waals surface area contributed by atoms with Gasteiger partial charge in [0.05, 0.1) is 0 Å². The van der Waals surface area contributed by atoms with Gasteiger partial charge in [-0.3, -0.25) is 0 Å². The van der Waals surface area contributed by atoms with E-state index in [1.807, 2.05) is 0 Å². The summed E-state index contributed by atoms with van der Waals surface area (Å²) >= 11 is 7.17. The molecule has 0 saturated heterocycles. The van der Waals surface area contributed by atoms with Crippen molar-refractivity contribution in [2.24, 2.45) is 0 Å². The lowest BCUT2D eigenvalue weighted by Gasteiger charge is -2.28. The molecule has 2 heteroatoms. The highest BCUT2D eigenvalue weighted by atomic mass is 35.6. The van der Waals surface area contributed by atoms with E-state index in [-0.39, 0.29) is 0 Å². The van der Waals surface area contributed by atoms with Gasteiger partial charge in [0.2, 0.25) is 0 Å². The molecule has 0 amide bonds. The van der Waals surface area contributed by atoms with Gasteiger partial charge in [-0.1, -0.05) is 13.1 Å². The van der Waals surface area contributed by atoms with Gasteiger partial charge >= 0.3 is 0 Å². The van der Waals surface area contributed by atoms with Crippen molar-refractivity contribution in [3.8, 4) is 11.1 Å². The van der Waals surface area contributed by atoms with E-state index in [0.29, 0.717) is 5.54 Å². The van der Waals surface area contributed by atoms with Gasteiger partial charge < -0.3 is 0 Å². The van der Waals surface area contributed by atoms with Crippen LogP contribution in [0, 0.1) is 55.4 Å². The molecule has 1 aliphatic rings. The topological polar surface area (TPSA) is 0 Å². The van der Waals surface area contributed by atoms with E-state index in [1.54, 1.807) is 0 Å². The normalized spacial score (nSPS) is 14.0. The van der Waals surface area contributed by atoms with Crippen LogP contribution in [-0.2, 0) is 0 Å². The van der Waals surface area contributed by atoms with Gasteiger partial charge in [-0.2, -0.15) is 11.1 Å². The molecule has 0 atom stereocenters. The monoisotopic (exact) mass is 370 g/mol. The second-order valence-corrected chi connectivity index (χ2v) is 15.2. The van der Waals surface area contributed by atoms with Crippen molar-refractivity contribution in [2.75, 3.05) is 0 Å². The Morgan fingerprint density at radius 1 is 0.520 bits per heavy atom. The highest BCUT2D eigenvalue weighted by Crippen LogP contribution is 2.56. The first-order chi connectivity index (χ1) is 11.4. The van der Waals surface area contributed by atoms with Crippen molar-refractivity contribution >= 4 is 18.5 Å². The number of halogens is 1. The number of rotatable bonds is 1. The molecule has 0 aromatic heterocycles. The maximum absolute atomic E-state index is 7.17. The molecule has 0 heterocycles. The predicted octanol–water partition coefficient (Wildman–Crippen LogP) is 7.25. The summed E-state index contributed by atoms with van der Waals surface area (Å²) in [4.78, 5) is 0. The largest absolute Gasteiger partial charge is 0.167 e. The van der Waals surface area contributed by atoms with Crippen LogP contribution in [0.5, 0.6) is 0 Å². The van der Waals surface area contributed by atoms with Gasteiger partial charge in [-0.15, -0.1) is 0 Å². The maximum Gasteiger partial charge on any atom is 0.162 e. The molecule has 0 N–H and O–H groups in total. The van der Waals surface area contributed by atoms with Crippen molar-refractivity contribution in [2.45, 2.75) is 74.0 Å². The van der Waals surface area contributed by atoms with Crippen LogP contribution < -0.4 is 0 Å². The zero-order chi connectivity index (χ0) is 19.0. The summed E-state index contributed by atoms with van der Waals surface area (Å²) in [6.45, 7) is 22.9. The molecular formula is C23H31ClSi. The lowest BCUT2D eigenvalue weighted by molar-refractivity contribution is 1.06. The van der Waals surface area contributed by atoms with Crippen LogP contribution in [0.25, 0.3) is 11.1 Å². The van der Waals surface area contributed by atoms with E-state index in [4.69, 9.17) is 11.1 Å². The summed E-state index contributed by atoms with van der Waals surface area (Å²) in [6.07, 6.45) is 0. The Balaban J connectivity index is 2.62. The van der Waals surface area contributed by atoms with Gasteiger partial charge in [-0.05, 0) is 122 Å². The van der Waals surface area contributed by atoms with E-state index in [9.17, 15) is 0 Å². The Labute approximate surface area is 159 Å². The van der Waals surface area contributed by atoms with Gasteiger partial charge in [0, 0.05) is 5.54 Å². The first kappa shape index (κ1) is 18.7. The number of benzene rings is 2. The quantitative estimate of drug-likeness (QED) is 0.366. The van der Waals surface area contributed by atoms with E-state index in [1.165, 1.54) is 66.8 Å². The second-order valence-electron chi connectivity index (χ2n) is 8.57. The molecule has 0 nitrogen and oxygen atoms in total. The number of hydrogen-bond acceptors (Lipinski definition) is 0. The molecule has 0 unspecified atom stereocenters. The Kier molecular flexibility index (Phi) is 4.29. The fourth-order valence-electron chi connectivity index (χ4n) is 4.88. The summed E-state index contributed by atoms with van der Waals surface area (Å²) < 4.78 is 0. The Bertz CT molecular complexity index is 844. The van der Waals surface area contributed by atoms with Crippen LogP contribution in [0.4, 0.5) is 0 Å². The van der Waals surface area contributed by atoms with Crippen LogP contribution in [0.15, 0.2) is 0 Å². The lowest BCUT2D eigenvalue weighted by atomic mass is 9.86. The van der Waals surface area contributed by atoms with Gasteiger partial charge in [0.25, 0.3) is 0 Å². The molecule has 3 rings (SSSR count). The fourth-order valence-corrected chi connectivity index (χ4v) is 7.63. The molecule has 1 aliphatic carbocycles. The lowest BCUT2D eigenvalue weighted by Crippen LogP contribution is -2.29. The van der Waals surface area contributed by atoms with Crippen molar-refractivity contribution in [1.29, 1.82) is 0 Å². The summed E-state index contributed by atoms with van der Waals surface area (Å²) in [5.74, 6) is 0. The molecule has 2 aromatic carbocycles. The SMILES string of the molecule is Cc1c(C)c(C)c2c(c1C)-c1c(C)c(C)c(C)c(C)c1C2[Si](C)(C)Cl. The van der Waals surface area contributed by atoms with E-state index in [2.05, 4.69) is 68.5 Å². The van der Waals surface area contributed by atoms with Crippen LogP contribution in [0.1, 0.15) is 61.2 Å². The first-order valence-electron chi connectivity index (χ1n) is 9.31. The van der Waals surface area contributed by atoms with Gasteiger partial charge in [0.15, 0.2) is 7.38 Å². The highest BCUT2D eigenvalue weighted by molar-refractivity contribution is 7.20. The number of hydrogen-bond donors (Lipinski definition) is 0. The highest BCUT2D eigenvalue weighted by Gasteiger charge is 2.44.